The van der Waals surface area contributed by atoms with Crippen LogP contribution >= 0.6 is 27.5 Å². The molecule has 0 aliphatic rings. The first-order valence-corrected chi connectivity index (χ1v) is 5.87. The van der Waals surface area contributed by atoms with Gasteiger partial charge in [-0.1, -0.05) is 27.5 Å². The standard InChI is InChI=1S/C10H10BrClN4/c1-5(13)9-14-10(16-15-9)6-2-7(11)4-8(12)3-6/h2-5H,13H2,1H3,(H,14,15,16). The van der Waals surface area contributed by atoms with Crippen LogP contribution < -0.4 is 5.73 Å². The lowest BCUT2D eigenvalue weighted by Gasteiger charge is -1.98. The number of rotatable bonds is 2. The lowest BCUT2D eigenvalue weighted by Crippen LogP contribution is -2.06. The Kier molecular flexibility index (Phi) is 3.28. The minimum atomic E-state index is -0.163. The van der Waals surface area contributed by atoms with Crippen molar-refractivity contribution in [3.63, 3.8) is 0 Å². The number of hydrogen-bond acceptors (Lipinski definition) is 3. The zero-order chi connectivity index (χ0) is 11.7. The van der Waals surface area contributed by atoms with Gasteiger partial charge in [0.15, 0.2) is 5.82 Å². The Hall–Kier alpha value is -0.910. The van der Waals surface area contributed by atoms with Gasteiger partial charge >= 0.3 is 0 Å². The van der Waals surface area contributed by atoms with E-state index in [2.05, 4.69) is 31.1 Å². The number of nitrogens with one attached hydrogen (secondary N) is 1. The van der Waals surface area contributed by atoms with Crippen LogP contribution in [0.1, 0.15) is 18.8 Å². The van der Waals surface area contributed by atoms with E-state index in [0.29, 0.717) is 16.7 Å². The van der Waals surface area contributed by atoms with Crippen LogP contribution in [0.15, 0.2) is 22.7 Å². The summed E-state index contributed by atoms with van der Waals surface area (Å²) in [6.07, 6.45) is 0. The molecule has 0 aliphatic carbocycles. The Morgan fingerprint density at radius 2 is 2.19 bits per heavy atom. The van der Waals surface area contributed by atoms with E-state index in [1.165, 1.54) is 0 Å². The second kappa shape index (κ2) is 4.53. The molecular formula is C10H10BrClN4. The molecule has 1 aromatic heterocycles. The summed E-state index contributed by atoms with van der Waals surface area (Å²) < 4.78 is 0.891. The summed E-state index contributed by atoms with van der Waals surface area (Å²) in [5, 5.41) is 7.53. The van der Waals surface area contributed by atoms with Crippen LogP contribution in [0.4, 0.5) is 0 Å². The van der Waals surface area contributed by atoms with Crippen LogP contribution in [0.2, 0.25) is 5.02 Å². The molecule has 0 fully saturated rings. The highest BCUT2D eigenvalue weighted by molar-refractivity contribution is 9.10. The fourth-order valence-corrected chi connectivity index (χ4v) is 2.15. The molecule has 1 heterocycles. The van der Waals surface area contributed by atoms with Crippen molar-refractivity contribution in [1.29, 1.82) is 0 Å². The Bertz CT molecular complexity index is 489. The van der Waals surface area contributed by atoms with Crippen LogP contribution in [0, 0.1) is 0 Å². The molecule has 84 valence electrons. The SMILES string of the molecule is CC(N)c1nc(-c2cc(Cl)cc(Br)c2)n[nH]1. The van der Waals surface area contributed by atoms with Crippen molar-refractivity contribution in [2.24, 2.45) is 5.73 Å². The Balaban J connectivity index is 2.42. The first-order chi connectivity index (χ1) is 7.56. The second-order valence-corrected chi connectivity index (χ2v) is 4.84. The predicted octanol–water partition coefficient (Wildman–Crippen LogP) is 2.91. The van der Waals surface area contributed by atoms with E-state index in [9.17, 15) is 0 Å². The smallest absolute Gasteiger partial charge is 0.181 e. The van der Waals surface area contributed by atoms with E-state index in [1.807, 2.05) is 19.1 Å². The van der Waals surface area contributed by atoms with Gasteiger partial charge in [-0.3, -0.25) is 5.10 Å². The number of halogens is 2. The zero-order valence-electron chi connectivity index (χ0n) is 8.54. The van der Waals surface area contributed by atoms with Crippen molar-refractivity contribution in [3.8, 4) is 11.4 Å². The number of nitrogens with zero attached hydrogens (tertiary/aromatic N) is 2. The lowest BCUT2D eigenvalue weighted by atomic mass is 10.2. The number of aromatic nitrogens is 3. The van der Waals surface area contributed by atoms with Gasteiger partial charge in [-0.2, -0.15) is 5.10 Å². The molecule has 2 rings (SSSR count). The topological polar surface area (TPSA) is 67.6 Å². The fourth-order valence-electron chi connectivity index (χ4n) is 1.29. The monoisotopic (exact) mass is 300 g/mol. The number of nitrogens with two attached hydrogens (primary N) is 1. The summed E-state index contributed by atoms with van der Waals surface area (Å²) in [6, 6.07) is 5.36. The van der Waals surface area contributed by atoms with Gasteiger partial charge in [-0.15, -0.1) is 0 Å². The maximum Gasteiger partial charge on any atom is 0.181 e. The van der Waals surface area contributed by atoms with E-state index in [-0.39, 0.29) is 6.04 Å². The van der Waals surface area contributed by atoms with Gasteiger partial charge in [0.2, 0.25) is 0 Å². The Morgan fingerprint density at radius 3 is 2.75 bits per heavy atom. The molecular weight excluding hydrogens is 291 g/mol. The summed E-state index contributed by atoms with van der Waals surface area (Å²) in [5.74, 6) is 1.25. The molecule has 1 unspecified atom stereocenters. The number of benzene rings is 1. The van der Waals surface area contributed by atoms with E-state index in [0.717, 1.165) is 10.0 Å². The van der Waals surface area contributed by atoms with Gasteiger partial charge < -0.3 is 5.73 Å². The maximum atomic E-state index is 5.95. The maximum absolute atomic E-state index is 5.95. The molecule has 0 saturated carbocycles. The normalized spacial score (nSPS) is 12.8. The van der Waals surface area contributed by atoms with Crippen LogP contribution in [0.3, 0.4) is 0 Å². The van der Waals surface area contributed by atoms with Gasteiger partial charge in [0.1, 0.15) is 5.82 Å². The third kappa shape index (κ3) is 2.42. The first kappa shape index (κ1) is 11.6. The molecule has 3 N–H and O–H groups in total. The van der Waals surface area contributed by atoms with Gasteiger partial charge in [0, 0.05) is 15.1 Å². The minimum Gasteiger partial charge on any atom is -0.322 e. The highest BCUT2D eigenvalue weighted by atomic mass is 79.9. The van der Waals surface area contributed by atoms with Crippen LogP contribution in [0.5, 0.6) is 0 Å². The quantitative estimate of drug-likeness (QED) is 0.896. The Labute approximate surface area is 106 Å². The van der Waals surface area contributed by atoms with E-state index in [1.54, 1.807) is 6.07 Å². The van der Waals surface area contributed by atoms with E-state index < -0.39 is 0 Å². The highest BCUT2D eigenvalue weighted by Gasteiger charge is 2.09. The van der Waals surface area contributed by atoms with E-state index >= 15 is 0 Å². The molecule has 16 heavy (non-hydrogen) atoms. The average molecular weight is 302 g/mol. The summed E-state index contributed by atoms with van der Waals surface area (Å²) >= 11 is 9.32. The summed E-state index contributed by atoms with van der Waals surface area (Å²) in [6.45, 7) is 1.85. The minimum absolute atomic E-state index is 0.163. The van der Waals surface area contributed by atoms with E-state index in [4.69, 9.17) is 17.3 Å². The third-order valence-corrected chi connectivity index (χ3v) is 2.73. The number of aromatic amines is 1. The van der Waals surface area contributed by atoms with Gasteiger partial charge in [0.05, 0.1) is 6.04 Å². The average Bonchev–Trinajstić information content (AvgIpc) is 2.64. The van der Waals surface area contributed by atoms with Crippen molar-refractivity contribution in [2.45, 2.75) is 13.0 Å². The van der Waals surface area contributed by atoms with Crippen molar-refractivity contribution < 1.29 is 0 Å². The van der Waals surface area contributed by atoms with Crippen LogP contribution in [-0.2, 0) is 0 Å². The molecule has 0 bridgehead atoms. The lowest BCUT2D eigenvalue weighted by molar-refractivity contribution is 0.745. The molecule has 0 saturated heterocycles. The number of H-pyrrole nitrogens is 1. The first-order valence-electron chi connectivity index (χ1n) is 4.70. The summed E-state index contributed by atoms with van der Waals surface area (Å²) in [7, 11) is 0. The molecule has 1 atom stereocenters. The molecule has 0 spiro atoms. The second-order valence-electron chi connectivity index (χ2n) is 3.49. The molecule has 0 amide bonds. The van der Waals surface area contributed by atoms with Crippen molar-refractivity contribution in [1.82, 2.24) is 15.2 Å². The molecule has 1 aromatic carbocycles. The molecule has 6 heteroatoms. The molecule has 0 aliphatic heterocycles. The third-order valence-electron chi connectivity index (χ3n) is 2.05. The number of hydrogen-bond donors (Lipinski definition) is 2. The van der Waals surface area contributed by atoms with Gasteiger partial charge in [-0.05, 0) is 25.1 Å². The molecule has 0 radical (unpaired) electrons. The molecule has 2 aromatic rings. The summed E-state index contributed by atoms with van der Waals surface area (Å²) in [4.78, 5) is 4.29. The van der Waals surface area contributed by atoms with Crippen LogP contribution in [-0.4, -0.2) is 15.2 Å². The Morgan fingerprint density at radius 1 is 1.44 bits per heavy atom. The predicted molar refractivity (Wildman–Crippen MR) is 67.1 cm³/mol. The van der Waals surface area contributed by atoms with Gasteiger partial charge in [-0.25, -0.2) is 4.98 Å². The van der Waals surface area contributed by atoms with Gasteiger partial charge in [0.25, 0.3) is 0 Å². The van der Waals surface area contributed by atoms with Crippen molar-refractivity contribution in [3.05, 3.63) is 33.5 Å². The van der Waals surface area contributed by atoms with Crippen molar-refractivity contribution >= 4 is 27.5 Å². The largest absolute Gasteiger partial charge is 0.322 e. The van der Waals surface area contributed by atoms with Crippen molar-refractivity contribution in [2.75, 3.05) is 0 Å². The molecule has 4 nitrogen and oxygen atoms in total. The fraction of sp³-hybridized carbons (Fsp3) is 0.200. The van der Waals surface area contributed by atoms with Crippen LogP contribution in [0.25, 0.3) is 11.4 Å². The highest BCUT2D eigenvalue weighted by Crippen LogP contribution is 2.25. The summed E-state index contributed by atoms with van der Waals surface area (Å²) in [5.41, 5.74) is 6.55. The zero-order valence-corrected chi connectivity index (χ0v) is 10.9.